The summed E-state index contributed by atoms with van der Waals surface area (Å²) in [5, 5.41) is 0.373. The summed E-state index contributed by atoms with van der Waals surface area (Å²) >= 11 is 7.06. The lowest BCUT2D eigenvalue weighted by molar-refractivity contribution is 0.0606. The molecule has 0 bridgehead atoms. The monoisotopic (exact) mass is 254 g/mol. The highest BCUT2D eigenvalue weighted by molar-refractivity contribution is 7.17. The van der Waals surface area contributed by atoms with Gasteiger partial charge in [-0.25, -0.2) is 14.8 Å². The minimum Gasteiger partial charge on any atom is -0.465 e. The first kappa shape index (κ1) is 11.0. The molecule has 0 amide bonds. The van der Waals surface area contributed by atoms with Crippen molar-refractivity contribution in [2.45, 2.75) is 0 Å². The number of esters is 1. The normalized spacial score (nSPS) is 10.1. The first-order valence-corrected chi connectivity index (χ1v) is 5.56. The summed E-state index contributed by atoms with van der Waals surface area (Å²) in [6, 6.07) is 5.14. The fourth-order valence-corrected chi connectivity index (χ4v) is 2.19. The van der Waals surface area contributed by atoms with Gasteiger partial charge in [0.2, 0.25) is 0 Å². The number of nitrogens with zero attached hydrogens (tertiary/aromatic N) is 2. The van der Waals surface area contributed by atoms with Gasteiger partial charge in [-0.3, -0.25) is 0 Å². The number of thiophene rings is 1. The van der Waals surface area contributed by atoms with E-state index in [1.807, 2.05) is 0 Å². The van der Waals surface area contributed by atoms with Crippen LogP contribution in [0.15, 0.2) is 24.5 Å². The highest BCUT2D eigenvalue weighted by atomic mass is 35.5. The Morgan fingerprint density at radius 2 is 2.25 bits per heavy atom. The first-order valence-electron chi connectivity index (χ1n) is 4.37. The Morgan fingerprint density at radius 1 is 1.44 bits per heavy atom. The van der Waals surface area contributed by atoms with Gasteiger partial charge >= 0.3 is 5.97 Å². The molecule has 0 aliphatic heterocycles. The first-order chi connectivity index (χ1) is 7.70. The van der Waals surface area contributed by atoms with Crippen molar-refractivity contribution in [3.63, 3.8) is 0 Å². The van der Waals surface area contributed by atoms with E-state index in [2.05, 4.69) is 14.7 Å². The fourth-order valence-electron chi connectivity index (χ4n) is 1.15. The quantitative estimate of drug-likeness (QED) is 0.611. The van der Waals surface area contributed by atoms with Crippen LogP contribution >= 0.6 is 22.9 Å². The van der Waals surface area contributed by atoms with Gasteiger partial charge in [0.25, 0.3) is 0 Å². The van der Waals surface area contributed by atoms with Crippen LogP contribution in [0.25, 0.3) is 10.6 Å². The third kappa shape index (κ3) is 2.20. The van der Waals surface area contributed by atoms with E-state index < -0.39 is 0 Å². The van der Waals surface area contributed by atoms with E-state index in [-0.39, 0.29) is 5.97 Å². The van der Waals surface area contributed by atoms with Gasteiger partial charge in [-0.2, -0.15) is 0 Å². The minimum atomic E-state index is -0.351. The Balaban J connectivity index is 2.35. The topological polar surface area (TPSA) is 52.1 Å². The van der Waals surface area contributed by atoms with Crippen LogP contribution in [0.5, 0.6) is 0 Å². The molecule has 0 radical (unpaired) electrons. The molecule has 2 aromatic rings. The minimum absolute atomic E-state index is 0.351. The summed E-state index contributed by atoms with van der Waals surface area (Å²) in [6.45, 7) is 0. The predicted octanol–water partition coefficient (Wildman–Crippen LogP) is 2.65. The number of methoxy groups -OCH3 is 1. The lowest BCUT2D eigenvalue weighted by Crippen LogP contribution is -1.96. The third-order valence-corrected chi connectivity index (χ3v) is 3.17. The Morgan fingerprint density at radius 3 is 2.94 bits per heavy atom. The molecule has 82 valence electrons. The molecule has 0 fully saturated rings. The van der Waals surface area contributed by atoms with Gasteiger partial charge in [-0.1, -0.05) is 11.6 Å². The molecule has 0 N–H and O–H groups in total. The highest BCUT2D eigenvalue weighted by Crippen LogP contribution is 2.27. The smallest absolute Gasteiger partial charge is 0.348 e. The summed E-state index contributed by atoms with van der Waals surface area (Å²) in [5.41, 5.74) is 0.695. The fraction of sp³-hybridized carbons (Fsp3) is 0.100. The number of carbonyl (C=O) groups is 1. The molecule has 0 aromatic carbocycles. The molecule has 0 aliphatic carbocycles. The summed E-state index contributed by atoms with van der Waals surface area (Å²) < 4.78 is 4.62. The zero-order valence-electron chi connectivity index (χ0n) is 8.31. The number of halogens is 1. The van der Waals surface area contributed by atoms with Crippen LogP contribution in [-0.4, -0.2) is 23.0 Å². The second kappa shape index (κ2) is 4.59. The van der Waals surface area contributed by atoms with Crippen molar-refractivity contribution in [2.75, 3.05) is 7.11 Å². The summed E-state index contributed by atoms with van der Waals surface area (Å²) in [6.07, 6.45) is 1.38. The average molecular weight is 255 g/mol. The number of hydrogen-bond acceptors (Lipinski definition) is 5. The van der Waals surface area contributed by atoms with E-state index in [1.165, 1.54) is 24.8 Å². The Kier molecular flexibility index (Phi) is 3.17. The van der Waals surface area contributed by atoms with Gasteiger partial charge in [-0.15, -0.1) is 11.3 Å². The molecular weight excluding hydrogens is 248 g/mol. The predicted molar refractivity (Wildman–Crippen MR) is 61.7 cm³/mol. The van der Waals surface area contributed by atoms with Crippen molar-refractivity contribution in [3.05, 3.63) is 34.6 Å². The molecule has 0 spiro atoms. The average Bonchev–Trinajstić information content (AvgIpc) is 2.77. The van der Waals surface area contributed by atoms with Gasteiger partial charge in [-0.05, 0) is 12.1 Å². The van der Waals surface area contributed by atoms with Crippen molar-refractivity contribution in [3.8, 4) is 10.6 Å². The maximum atomic E-state index is 11.3. The standard InChI is InChI=1S/C10H7ClN2O2S/c1-15-10(14)8-3-2-7(16-8)6-4-9(11)13-5-12-6/h2-5H,1H3. The van der Waals surface area contributed by atoms with Gasteiger partial charge < -0.3 is 4.74 Å². The maximum Gasteiger partial charge on any atom is 0.348 e. The van der Waals surface area contributed by atoms with Crippen molar-refractivity contribution in [1.82, 2.24) is 9.97 Å². The van der Waals surface area contributed by atoms with Crippen molar-refractivity contribution in [2.24, 2.45) is 0 Å². The summed E-state index contributed by atoms with van der Waals surface area (Å²) in [5.74, 6) is -0.351. The second-order valence-corrected chi connectivity index (χ2v) is 4.35. The van der Waals surface area contributed by atoms with Gasteiger partial charge in [0, 0.05) is 6.07 Å². The molecule has 0 unspecified atom stereocenters. The van der Waals surface area contributed by atoms with Crippen LogP contribution in [0.1, 0.15) is 9.67 Å². The second-order valence-electron chi connectivity index (χ2n) is 2.88. The van der Waals surface area contributed by atoms with Crippen molar-refractivity contribution >= 4 is 28.9 Å². The van der Waals surface area contributed by atoms with Crippen molar-refractivity contribution in [1.29, 1.82) is 0 Å². The zero-order chi connectivity index (χ0) is 11.5. The molecule has 16 heavy (non-hydrogen) atoms. The van der Waals surface area contributed by atoms with Gasteiger partial charge in [0.15, 0.2) is 0 Å². The molecule has 2 aromatic heterocycles. The SMILES string of the molecule is COC(=O)c1ccc(-c2cc(Cl)ncn2)s1. The van der Waals surface area contributed by atoms with E-state index in [9.17, 15) is 4.79 Å². The summed E-state index contributed by atoms with van der Waals surface area (Å²) in [7, 11) is 1.35. The van der Waals surface area contributed by atoms with Crippen LogP contribution in [-0.2, 0) is 4.74 Å². The Labute approximate surface area is 101 Å². The number of aromatic nitrogens is 2. The highest BCUT2D eigenvalue weighted by Gasteiger charge is 2.11. The molecule has 0 saturated heterocycles. The third-order valence-electron chi connectivity index (χ3n) is 1.88. The maximum absolute atomic E-state index is 11.3. The molecule has 2 heterocycles. The van der Waals surface area contributed by atoms with Crippen LogP contribution in [0.3, 0.4) is 0 Å². The number of carbonyl (C=O) groups excluding carboxylic acids is 1. The van der Waals surface area contributed by atoms with E-state index in [0.717, 1.165) is 4.88 Å². The lowest BCUT2D eigenvalue weighted by atomic mass is 10.3. The van der Waals surface area contributed by atoms with Crippen LogP contribution in [0, 0.1) is 0 Å². The molecule has 0 aliphatic rings. The van der Waals surface area contributed by atoms with Gasteiger partial charge in [0.1, 0.15) is 16.4 Å². The molecule has 0 saturated carbocycles. The summed E-state index contributed by atoms with van der Waals surface area (Å²) in [4.78, 5) is 20.5. The largest absolute Gasteiger partial charge is 0.465 e. The Bertz CT molecular complexity index is 527. The van der Waals surface area contributed by atoms with E-state index >= 15 is 0 Å². The molecule has 4 nitrogen and oxygen atoms in total. The van der Waals surface area contributed by atoms with E-state index in [1.54, 1.807) is 18.2 Å². The zero-order valence-corrected chi connectivity index (χ0v) is 9.88. The van der Waals surface area contributed by atoms with Crippen molar-refractivity contribution < 1.29 is 9.53 Å². The number of ether oxygens (including phenoxy) is 1. The van der Waals surface area contributed by atoms with Crippen LogP contribution < -0.4 is 0 Å². The van der Waals surface area contributed by atoms with E-state index in [0.29, 0.717) is 15.7 Å². The number of rotatable bonds is 2. The Hall–Kier alpha value is -1.46. The van der Waals surface area contributed by atoms with Crippen LogP contribution in [0.2, 0.25) is 5.15 Å². The van der Waals surface area contributed by atoms with Gasteiger partial charge in [0.05, 0.1) is 17.7 Å². The number of hydrogen-bond donors (Lipinski definition) is 0. The van der Waals surface area contributed by atoms with Crippen LogP contribution in [0.4, 0.5) is 0 Å². The molecular formula is C10H7ClN2O2S. The van der Waals surface area contributed by atoms with E-state index in [4.69, 9.17) is 11.6 Å². The molecule has 2 rings (SSSR count). The molecule has 0 atom stereocenters. The molecule has 6 heteroatoms. The lowest BCUT2D eigenvalue weighted by Gasteiger charge is -1.95.